The van der Waals surface area contributed by atoms with Crippen LogP contribution in [-0.2, 0) is 4.79 Å². The molecule has 0 spiro atoms. The zero-order chi connectivity index (χ0) is 16.5. The Kier molecular flexibility index (Phi) is 6.29. The van der Waals surface area contributed by atoms with E-state index in [2.05, 4.69) is 5.32 Å². The monoisotopic (exact) mass is 315 g/mol. The minimum absolute atomic E-state index is 0.0170. The lowest BCUT2D eigenvalue weighted by Crippen LogP contribution is -2.39. The van der Waals surface area contributed by atoms with Crippen molar-refractivity contribution in [3.63, 3.8) is 0 Å². The number of para-hydroxylation sites is 1. The van der Waals surface area contributed by atoms with E-state index in [-0.39, 0.29) is 18.6 Å². The largest absolute Gasteiger partial charge is 0.497 e. The molecular formula is C18H21NO4. The van der Waals surface area contributed by atoms with Gasteiger partial charge in [-0.25, -0.2) is 0 Å². The number of hydrogen-bond acceptors (Lipinski definition) is 4. The van der Waals surface area contributed by atoms with Crippen LogP contribution in [0.15, 0.2) is 54.6 Å². The molecule has 0 bridgehead atoms. The number of benzene rings is 2. The van der Waals surface area contributed by atoms with E-state index in [0.717, 1.165) is 11.5 Å². The van der Waals surface area contributed by atoms with Gasteiger partial charge in [0.05, 0.1) is 13.2 Å². The summed E-state index contributed by atoms with van der Waals surface area (Å²) in [4.78, 5) is 11.8. The maximum absolute atomic E-state index is 11.8. The summed E-state index contributed by atoms with van der Waals surface area (Å²) >= 11 is 0. The molecule has 0 aromatic heterocycles. The van der Waals surface area contributed by atoms with Crippen molar-refractivity contribution in [3.05, 3.63) is 54.6 Å². The summed E-state index contributed by atoms with van der Waals surface area (Å²) in [5.41, 5.74) is 0. The van der Waals surface area contributed by atoms with Crippen molar-refractivity contribution in [2.75, 3.05) is 20.3 Å². The summed E-state index contributed by atoms with van der Waals surface area (Å²) in [6.07, 6.45) is 0. The van der Waals surface area contributed by atoms with Crippen molar-refractivity contribution < 1.29 is 19.0 Å². The molecule has 5 heteroatoms. The van der Waals surface area contributed by atoms with Crippen molar-refractivity contribution in [1.82, 2.24) is 5.32 Å². The van der Waals surface area contributed by atoms with Gasteiger partial charge in [-0.05, 0) is 43.3 Å². The molecule has 0 fully saturated rings. The Morgan fingerprint density at radius 2 is 1.57 bits per heavy atom. The van der Waals surface area contributed by atoms with Gasteiger partial charge in [0.25, 0.3) is 5.91 Å². The van der Waals surface area contributed by atoms with Crippen LogP contribution in [0.1, 0.15) is 6.92 Å². The lowest BCUT2D eigenvalue weighted by molar-refractivity contribution is -0.123. The van der Waals surface area contributed by atoms with Gasteiger partial charge in [0.1, 0.15) is 23.9 Å². The van der Waals surface area contributed by atoms with E-state index >= 15 is 0 Å². The highest BCUT2D eigenvalue weighted by Gasteiger charge is 2.09. The zero-order valence-electron chi connectivity index (χ0n) is 13.3. The Balaban J connectivity index is 1.69. The average molecular weight is 315 g/mol. The van der Waals surface area contributed by atoms with E-state index in [1.807, 2.05) is 61.5 Å². The molecule has 1 unspecified atom stereocenters. The van der Waals surface area contributed by atoms with E-state index in [0.29, 0.717) is 12.4 Å². The molecule has 1 atom stereocenters. The van der Waals surface area contributed by atoms with Gasteiger partial charge in [-0.1, -0.05) is 18.2 Å². The fourth-order valence-corrected chi connectivity index (χ4v) is 1.92. The fourth-order valence-electron chi connectivity index (χ4n) is 1.92. The van der Waals surface area contributed by atoms with Gasteiger partial charge in [-0.2, -0.15) is 0 Å². The second kappa shape index (κ2) is 8.68. The number of ether oxygens (including phenoxy) is 3. The van der Waals surface area contributed by atoms with E-state index in [4.69, 9.17) is 14.2 Å². The Bertz CT molecular complexity index is 598. The van der Waals surface area contributed by atoms with Crippen LogP contribution < -0.4 is 19.5 Å². The van der Waals surface area contributed by atoms with Crippen LogP contribution in [0.2, 0.25) is 0 Å². The fraction of sp³-hybridized carbons (Fsp3) is 0.278. The van der Waals surface area contributed by atoms with Gasteiger partial charge in [0, 0.05) is 0 Å². The first-order valence-corrected chi connectivity index (χ1v) is 7.41. The van der Waals surface area contributed by atoms with Gasteiger partial charge < -0.3 is 19.5 Å². The minimum Gasteiger partial charge on any atom is -0.497 e. The third kappa shape index (κ3) is 5.90. The van der Waals surface area contributed by atoms with Gasteiger partial charge in [-0.15, -0.1) is 0 Å². The number of rotatable bonds is 8. The molecule has 2 rings (SSSR count). The third-order valence-corrected chi connectivity index (χ3v) is 3.08. The molecule has 1 N–H and O–H groups in total. The maximum Gasteiger partial charge on any atom is 0.258 e. The van der Waals surface area contributed by atoms with Crippen molar-refractivity contribution in [1.29, 1.82) is 0 Å². The first-order valence-electron chi connectivity index (χ1n) is 7.41. The summed E-state index contributed by atoms with van der Waals surface area (Å²) in [7, 11) is 1.62. The van der Waals surface area contributed by atoms with E-state index in [1.54, 1.807) is 7.11 Å². The minimum atomic E-state index is -0.181. The Labute approximate surface area is 136 Å². The maximum atomic E-state index is 11.8. The average Bonchev–Trinajstić information content (AvgIpc) is 2.59. The number of carbonyl (C=O) groups excluding carboxylic acids is 1. The summed E-state index contributed by atoms with van der Waals surface area (Å²) in [5, 5.41) is 2.83. The number of amides is 1. The molecule has 0 radical (unpaired) electrons. The topological polar surface area (TPSA) is 56.8 Å². The first-order chi connectivity index (χ1) is 11.2. The normalized spacial score (nSPS) is 11.4. The van der Waals surface area contributed by atoms with Gasteiger partial charge >= 0.3 is 0 Å². The summed E-state index contributed by atoms with van der Waals surface area (Å²) < 4.78 is 16.1. The molecule has 0 saturated carbocycles. The van der Waals surface area contributed by atoms with Crippen LogP contribution in [0, 0.1) is 0 Å². The van der Waals surface area contributed by atoms with Crippen LogP contribution in [-0.4, -0.2) is 32.3 Å². The second-order valence-electron chi connectivity index (χ2n) is 5.06. The lowest BCUT2D eigenvalue weighted by atomic mass is 10.3. The van der Waals surface area contributed by atoms with Crippen LogP contribution in [0.3, 0.4) is 0 Å². The highest BCUT2D eigenvalue weighted by Crippen LogP contribution is 2.17. The summed E-state index contributed by atoms with van der Waals surface area (Å²) in [5.74, 6) is 1.99. The van der Waals surface area contributed by atoms with Crippen LogP contribution in [0.25, 0.3) is 0 Å². The summed E-state index contributed by atoms with van der Waals surface area (Å²) in [6.45, 7) is 2.24. The smallest absolute Gasteiger partial charge is 0.258 e. The number of carbonyl (C=O) groups is 1. The molecule has 0 heterocycles. The lowest BCUT2D eigenvalue weighted by Gasteiger charge is -2.15. The Hall–Kier alpha value is -2.69. The molecule has 0 aliphatic rings. The molecule has 1 amide bonds. The molecule has 2 aromatic rings. The number of hydrogen-bond donors (Lipinski definition) is 1. The summed E-state index contributed by atoms with van der Waals surface area (Å²) in [6, 6.07) is 16.4. The quantitative estimate of drug-likeness (QED) is 0.813. The molecule has 2 aromatic carbocycles. The molecule has 0 aliphatic heterocycles. The van der Waals surface area contributed by atoms with E-state index in [9.17, 15) is 4.79 Å². The van der Waals surface area contributed by atoms with Gasteiger partial charge in [0.15, 0.2) is 6.61 Å². The highest BCUT2D eigenvalue weighted by molar-refractivity contribution is 5.77. The molecule has 0 saturated heterocycles. The standard InChI is InChI=1S/C18H21NO4/c1-14(12-22-17-10-8-15(21-2)9-11-17)19-18(20)13-23-16-6-4-3-5-7-16/h3-11,14H,12-13H2,1-2H3,(H,19,20). The van der Waals surface area contributed by atoms with Crippen LogP contribution in [0.4, 0.5) is 0 Å². The van der Waals surface area contributed by atoms with E-state index in [1.165, 1.54) is 0 Å². The Morgan fingerprint density at radius 3 is 2.22 bits per heavy atom. The third-order valence-electron chi connectivity index (χ3n) is 3.08. The van der Waals surface area contributed by atoms with Crippen molar-refractivity contribution in [2.24, 2.45) is 0 Å². The molecule has 122 valence electrons. The zero-order valence-corrected chi connectivity index (χ0v) is 13.3. The molecular weight excluding hydrogens is 294 g/mol. The van der Waals surface area contributed by atoms with Crippen molar-refractivity contribution >= 4 is 5.91 Å². The van der Waals surface area contributed by atoms with Gasteiger partial charge in [-0.3, -0.25) is 4.79 Å². The van der Waals surface area contributed by atoms with Crippen LogP contribution >= 0.6 is 0 Å². The van der Waals surface area contributed by atoms with Gasteiger partial charge in [0.2, 0.25) is 0 Å². The molecule has 23 heavy (non-hydrogen) atoms. The predicted octanol–water partition coefficient (Wildman–Crippen LogP) is 2.66. The Morgan fingerprint density at radius 1 is 0.957 bits per heavy atom. The van der Waals surface area contributed by atoms with Crippen molar-refractivity contribution in [2.45, 2.75) is 13.0 Å². The van der Waals surface area contributed by atoms with Crippen molar-refractivity contribution in [3.8, 4) is 17.2 Å². The molecule has 0 aliphatic carbocycles. The molecule has 5 nitrogen and oxygen atoms in total. The first kappa shape index (κ1) is 16.7. The number of methoxy groups -OCH3 is 1. The SMILES string of the molecule is COc1ccc(OCC(C)NC(=O)COc2ccccc2)cc1. The highest BCUT2D eigenvalue weighted by atomic mass is 16.5. The predicted molar refractivity (Wildman–Crippen MR) is 88.0 cm³/mol. The van der Waals surface area contributed by atoms with E-state index < -0.39 is 0 Å². The second-order valence-corrected chi connectivity index (χ2v) is 5.06. The van der Waals surface area contributed by atoms with Crippen LogP contribution in [0.5, 0.6) is 17.2 Å². The number of nitrogens with one attached hydrogen (secondary N) is 1.